The average Bonchev–Trinajstić information content (AvgIpc) is 2.68. The number of hydrogen-bond acceptors (Lipinski definition) is 9. The number of amides is 1. The molecule has 0 aliphatic heterocycles. The summed E-state index contributed by atoms with van der Waals surface area (Å²) in [6.07, 6.45) is 0.365. The molecule has 0 radical (unpaired) electrons. The number of ketones is 2. The first-order valence-electron chi connectivity index (χ1n) is 10.8. The Morgan fingerprint density at radius 1 is 1.06 bits per heavy atom. The lowest BCUT2D eigenvalue weighted by atomic mass is 9.50. The SMILES string of the molecule is CN(C)C1C(=O)C(C(N)=O)=C(O)C2(O)C(O)=C3C(=O)C4C(O)CCCC4C(C)(O)C3CC12.Cl. The van der Waals surface area contributed by atoms with Crippen LogP contribution in [-0.4, -0.2) is 85.3 Å². The molecule has 0 spiro atoms. The van der Waals surface area contributed by atoms with Gasteiger partial charge in [0.15, 0.2) is 17.2 Å². The molecule has 184 valence electrons. The number of primary amides is 1. The zero-order valence-electron chi connectivity index (χ0n) is 18.7. The van der Waals surface area contributed by atoms with Crippen LogP contribution in [0.15, 0.2) is 22.7 Å². The van der Waals surface area contributed by atoms with Crippen LogP contribution in [0.2, 0.25) is 0 Å². The minimum absolute atomic E-state index is 0. The second-order valence-corrected chi connectivity index (χ2v) is 10.0. The van der Waals surface area contributed by atoms with E-state index in [2.05, 4.69) is 0 Å². The van der Waals surface area contributed by atoms with Crippen molar-refractivity contribution >= 4 is 29.9 Å². The number of rotatable bonds is 2. The number of Topliss-reactive ketones (excluding diaryl/α,β-unsaturated/α-hetero) is 2. The highest BCUT2D eigenvalue weighted by molar-refractivity contribution is 6.22. The number of aliphatic hydroxyl groups is 5. The van der Waals surface area contributed by atoms with E-state index in [-0.39, 0.29) is 24.4 Å². The Hall–Kier alpha value is -1.98. The van der Waals surface area contributed by atoms with E-state index in [0.29, 0.717) is 19.3 Å². The van der Waals surface area contributed by atoms with Crippen LogP contribution in [0.25, 0.3) is 0 Å². The molecule has 0 aromatic heterocycles. The molecule has 33 heavy (non-hydrogen) atoms. The summed E-state index contributed by atoms with van der Waals surface area (Å²) in [6, 6.07) is -1.15. The number of carbonyl (C=O) groups excluding carboxylic acids is 3. The quantitative estimate of drug-likeness (QED) is 0.280. The van der Waals surface area contributed by atoms with Crippen molar-refractivity contribution in [1.82, 2.24) is 4.90 Å². The molecule has 2 saturated carbocycles. The van der Waals surface area contributed by atoms with Crippen LogP contribution in [0, 0.1) is 23.7 Å². The van der Waals surface area contributed by atoms with Gasteiger partial charge >= 0.3 is 0 Å². The number of nitrogens with two attached hydrogens (primary N) is 1. The van der Waals surface area contributed by atoms with Crippen LogP contribution in [0.4, 0.5) is 0 Å². The van der Waals surface area contributed by atoms with Gasteiger partial charge < -0.3 is 31.3 Å². The molecular formula is C22H31ClN2O8. The van der Waals surface area contributed by atoms with Crippen molar-refractivity contribution in [3.05, 3.63) is 22.7 Å². The fourth-order valence-electron chi connectivity index (χ4n) is 6.65. The number of likely N-dealkylation sites (N-methyl/N-ethyl adjacent to an activating group) is 1. The van der Waals surface area contributed by atoms with E-state index < -0.39 is 81.6 Å². The van der Waals surface area contributed by atoms with Crippen LogP contribution in [0.3, 0.4) is 0 Å². The Labute approximate surface area is 197 Å². The predicted octanol–water partition coefficient (Wildman–Crippen LogP) is -0.491. The number of nitrogens with zero attached hydrogens (tertiary/aromatic N) is 1. The van der Waals surface area contributed by atoms with Crippen LogP contribution in [0.1, 0.15) is 32.6 Å². The molecule has 4 aliphatic carbocycles. The zero-order chi connectivity index (χ0) is 23.9. The smallest absolute Gasteiger partial charge is 0.255 e. The van der Waals surface area contributed by atoms with Gasteiger partial charge in [0.1, 0.15) is 17.1 Å². The summed E-state index contributed by atoms with van der Waals surface area (Å²) in [5.41, 5.74) is 0.0515. The lowest BCUT2D eigenvalue weighted by Crippen LogP contribution is -2.67. The number of hydrogen-bond donors (Lipinski definition) is 6. The molecule has 11 heteroatoms. The highest BCUT2D eigenvalue weighted by atomic mass is 35.5. The maximum Gasteiger partial charge on any atom is 0.255 e. The molecule has 10 nitrogen and oxygen atoms in total. The van der Waals surface area contributed by atoms with E-state index >= 15 is 0 Å². The highest BCUT2D eigenvalue weighted by Crippen LogP contribution is 2.58. The van der Waals surface area contributed by atoms with Gasteiger partial charge in [-0.05, 0) is 40.3 Å². The van der Waals surface area contributed by atoms with E-state index in [0.717, 1.165) is 0 Å². The normalized spacial score (nSPS) is 43.0. The first-order valence-corrected chi connectivity index (χ1v) is 10.8. The Balaban J connectivity index is 0.00000306. The lowest BCUT2D eigenvalue weighted by molar-refractivity contribution is -0.169. The number of carbonyl (C=O) groups is 3. The van der Waals surface area contributed by atoms with Crippen molar-refractivity contribution in [2.24, 2.45) is 29.4 Å². The van der Waals surface area contributed by atoms with Gasteiger partial charge in [0.05, 0.1) is 23.7 Å². The Morgan fingerprint density at radius 3 is 2.21 bits per heavy atom. The fourth-order valence-corrected chi connectivity index (χ4v) is 6.65. The minimum atomic E-state index is -2.61. The van der Waals surface area contributed by atoms with Crippen molar-refractivity contribution in [2.45, 2.75) is 56.0 Å². The summed E-state index contributed by atoms with van der Waals surface area (Å²) in [5, 5.41) is 55.7. The molecule has 0 aromatic carbocycles. The second-order valence-electron chi connectivity index (χ2n) is 10.0. The molecule has 7 N–H and O–H groups in total. The molecule has 0 heterocycles. The molecule has 4 aliphatic rings. The van der Waals surface area contributed by atoms with E-state index in [1.54, 1.807) is 0 Å². The van der Waals surface area contributed by atoms with E-state index in [1.807, 2.05) is 0 Å². The van der Waals surface area contributed by atoms with Crippen LogP contribution >= 0.6 is 12.4 Å². The molecule has 2 fully saturated rings. The Morgan fingerprint density at radius 2 is 1.67 bits per heavy atom. The van der Waals surface area contributed by atoms with Gasteiger partial charge in [0.2, 0.25) is 0 Å². The lowest BCUT2D eigenvalue weighted by Gasteiger charge is -2.57. The largest absolute Gasteiger partial charge is 0.508 e. The van der Waals surface area contributed by atoms with Gasteiger partial charge in [-0.25, -0.2) is 0 Å². The van der Waals surface area contributed by atoms with E-state index in [9.17, 15) is 39.9 Å². The van der Waals surface area contributed by atoms with E-state index in [1.165, 1.54) is 25.9 Å². The summed E-state index contributed by atoms with van der Waals surface area (Å²) in [5.74, 6) is -8.31. The third-order valence-electron chi connectivity index (χ3n) is 8.18. The molecule has 0 aromatic rings. The molecule has 8 atom stereocenters. The third kappa shape index (κ3) is 3.19. The molecular weight excluding hydrogens is 456 g/mol. The summed E-state index contributed by atoms with van der Waals surface area (Å²) in [4.78, 5) is 39.9. The Bertz CT molecular complexity index is 973. The van der Waals surface area contributed by atoms with Crippen molar-refractivity contribution in [1.29, 1.82) is 0 Å². The second kappa shape index (κ2) is 8.06. The van der Waals surface area contributed by atoms with Crippen molar-refractivity contribution < 1.29 is 39.9 Å². The predicted molar refractivity (Wildman–Crippen MR) is 117 cm³/mol. The summed E-state index contributed by atoms with van der Waals surface area (Å²) >= 11 is 0. The zero-order valence-corrected chi connectivity index (χ0v) is 19.5. The maximum atomic E-state index is 13.5. The van der Waals surface area contributed by atoms with Crippen LogP contribution in [-0.2, 0) is 14.4 Å². The van der Waals surface area contributed by atoms with E-state index in [4.69, 9.17) is 5.73 Å². The van der Waals surface area contributed by atoms with Crippen molar-refractivity contribution in [3.8, 4) is 0 Å². The first kappa shape index (κ1) is 25.6. The summed E-state index contributed by atoms with van der Waals surface area (Å²) in [7, 11) is 3.08. The van der Waals surface area contributed by atoms with Gasteiger partial charge in [0.25, 0.3) is 5.91 Å². The van der Waals surface area contributed by atoms with Gasteiger partial charge in [-0.15, -0.1) is 12.4 Å². The fraction of sp³-hybridized carbons (Fsp3) is 0.682. The van der Waals surface area contributed by atoms with Gasteiger partial charge in [-0.3, -0.25) is 19.3 Å². The minimum Gasteiger partial charge on any atom is -0.508 e. The third-order valence-corrected chi connectivity index (χ3v) is 8.18. The van der Waals surface area contributed by atoms with Crippen molar-refractivity contribution in [2.75, 3.05) is 14.1 Å². The number of fused-ring (bicyclic) bond motifs is 3. The molecule has 0 saturated heterocycles. The standard InChI is InChI=1S/C22H30N2O8.ClH/c1-21(31)8-5-4-6-11(25)12(8)16(26)13-9(21)7-10-15(24(2)3)17(27)14(20(23)30)19(29)22(10,32)18(13)28;/h8-12,15,25,28-29,31-32H,4-7H2,1-3H3,(H2,23,30);1H. The van der Waals surface area contributed by atoms with Crippen LogP contribution in [0.5, 0.6) is 0 Å². The molecule has 0 bridgehead atoms. The molecule has 1 amide bonds. The molecule has 4 rings (SSSR count). The van der Waals surface area contributed by atoms with Gasteiger partial charge in [-0.1, -0.05) is 6.42 Å². The first-order chi connectivity index (χ1) is 14.8. The summed E-state index contributed by atoms with van der Waals surface area (Å²) < 4.78 is 0. The number of aliphatic hydroxyl groups excluding tert-OH is 3. The summed E-state index contributed by atoms with van der Waals surface area (Å²) in [6.45, 7) is 1.54. The van der Waals surface area contributed by atoms with Gasteiger partial charge in [-0.2, -0.15) is 0 Å². The van der Waals surface area contributed by atoms with Gasteiger partial charge in [0, 0.05) is 23.3 Å². The maximum absolute atomic E-state index is 13.5. The number of halogens is 1. The van der Waals surface area contributed by atoms with Crippen LogP contribution < -0.4 is 5.73 Å². The average molecular weight is 487 g/mol. The molecule has 8 unspecified atom stereocenters. The monoisotopic (exact) mass is 486 g/mol. The highest BCUT2D eigenvalue weighted by Gasteiger charge is 2.67. The Kier molecular flexibility index (Phi) is 6.26. The van der Waals surface area contributed by atoms with Crippen molar-refractivity contribution in [3.63, 3.8) is 0 Å². The topological polar surface area (TPSA) is 182 Å².